The third-order valence-corrected chi connectivity index (χ3v) is 5.41. The van der Waals surface area contributed by atoms with Crippen LogP contribution in [0.15, 0.2) is 4.99 Å². The van der Waals surface area contributed by atoms with Crippen LogP contribution in [-0.2, 0) is 9.47 Å². The molecule has 0 amide bonds. The molecular formula is C20H43IN4O2. The van der Waals surface area contributed by atoms with Crippen molar-refractivity contribution < 1.29 is 9.47 Å². The Morgan fingerprint density at radius 1 is 1.19 bits per heavy atom. The molecule has 1 aliphatic rings. The molecule has 6 nitrogen and oxygen atoms in total. The van der Waals surface area contributed by atoms with Gasteiger partial charge in [-0.15, -0.1) is 24.0 Å². The predicted molar refractivity (Wildman–Crippen MR) is 125 cm³/mol. The Labute approximate surface area is 184 Å². The highest BCUT2D eigenvalue weighted by Gasteiger charge is 2.20. The van der Waals surface area contributed by atoms with E-state index in [-0.39, 0.29) is 24.0 Å². The second-order valence-corrected chi connectivity index (χ2v) is 7.47. The van der Waals surface area contributed by atoms with Gasteiger partial charge in [0.15, 0.2) is 5.96 Å². The molecule has 7 heteroatoms. The molecule has 0 radical (unpaired) electrons. The van der Waals surface area contributed by atoms with Crippen LogP contribution < -0.4 is 10.6 Å². The van der Waals surface area contributed by atoms with Gasteiger partial charge in [-0.3, -0.25) is 4.99 Å². The molecule has 0 aromatic rings. The van der Waals surface area contributed by atoms with E-state index in [4.69, 9.17) is 9.47 Å². The number of likely N-dealkylation sites (N-methyl/N-ethyl adjacent to an activating group) is 1. The minimum absolute atomic E-state index is 0. The van der Waals surface area contributed by atoms with Crippen LogP contribution in [0.2, 0.25) is 0 Å². The number of halogens is 1. The summed E-state index contributed by atoms with van der Waals surface area (Å²) < 4.78 is 11.2. The molecule has 0 saturated carbocycles. The van der Waals surface area contributed by atoms with Gasteiger partial charge in [-0.25, -0.2) is 0 Å². The highest BCUT2D eigenvalue weighted by molar-refractivity contribution is 14.0. The van der Waals surface area contributed by atoms with E-state index in [2.05, 4.69) is 48.5 Å². The fourth-order valence-electron chi connectivity index (χ4n) is 3.57. The Bertz CT molecular complexity index is 373. The Balaban J connectivity index is 0.00000676. The number of nitrogens with zero attached hydrogens (tertiary/aromatic N) is 2. The van der Waals surface area contributed by atoms with E-state index in [1.165, 1.54) is 12.8 Å². The zero-order valence-electron chi connectivity index (χ0n) is 18.1. The quantitative estimate of drug-likeness (QED) is 0.188. The fraction of sp³-hybridized carbons (Fsp3) is 0.950. The lowest BCUT2D eigenvalue weighted by atomic mass is 9.93. The average Bonchev–Trinajstić information content (AvgIpc) is 2.66. The number of aliphatic imine (C=N–C) groups is 1. The Morgan fingerprint density at radius 3 is 2.41 bits per heavy atom. The van der Waals surface area contributed by atoms with Gasteiger partial charge in [-0.1, -0.05) is 26.7 Å². The molecule has 1 aliphatic heterocycles. The lowest BCUT2D eigenvalue weighted by Crippen LogP contribution is -2.48. The van der Waals surface area contributed by atoms with Crippen molar-refractivity contribution in [1.29, 1.82) is 0 Å². The number of hydrogen-bond donors (Lipinski definition) is 2. The predicted octanol–water partition coefficient (Wildman–Crippen LogP) is 2.97. The van der Waals surface area contributed by atoms with E-state index in [9.17, 15) is 0 Å². The molecule has 0 bridgehead atoms. The summed E-state index contributed by atoms with van der Waals surface area (Å²) in [5.41, 5.74) is 0. The maximum atomic E-state index is 5.82. The molecule has 2 N–H and O–H groups in total. The zero-order chi connectivity index (χ0) is 19.2. The van der Waals surface area contributed by atoms with Crippen molar-refractivity contribution >= 4 is 29.9 Å². The van der Waals surface area contributed by atoms with Crippen LogP contribution in [0, 0.1) is 11.8 Å². The molecule has 27 heavy (non-hydrogen) atoms. The summed E-state index contributed by atoms with van der Waals surface area (Å²) in [6.45, 7) is 9.80. The lowest BCUT2D eigenvalue weighted by Gasteiger charge is -2.32. The SMILES string of the molecule is CCC(CC)C(CNC(=NC)NCCCOCC1CCOCC1)N(C)C.I. The van der Waals surface area contributed by atoms with Crippen LogP contribution in [0.25, 0.3) is 0 Å². The van der Waals surface area contributed by atoms with Crippen molar-refractivity contribution in [3.05, 3.63) is 0 Å². The van der Waals surface area contributed by atoms with E-state index in [0.29, 0.717) is 17.9 Å². The summed E-state index contributed by atoms with van der Waals surface area (Å²) in [7, 11) is 6.16. The van der Waals surface area contributed by atoms with Gasteiger partial charge < -0.3 is 25.0 Å². The van der Waals surface area contributed by atoms with Gasteiger partial charge in [-0.05, 0) is 45.2 Å². The molecule has 1 atom stereocenters. The van der Waals surface area contributed by atoms with Gasteiger partial charge >= 0.3 is 0 Å². The summed E-state index contributed by atoms with van der Waals surface area (Å²) in [5.74, 6) is 2.26. The normalized spacial score (nSPS) is 17.1. The minimum Gasteiger partial charge on any atom is -0.381 e. The summed E-state index contributed by atoms with van der Waals surface area (Å²) in [4.78, 5) is 6.66. The summed E-state index contributed by atoms with van der Waals surface area (Å²) in [6, 6.07) is 0.520. The van der Waals surface area contributed by atoms with Crippen LogP contribution in [0.1, 0.15) is 46.0 Å². The second-order valence-electron chi connectivity index (χ2n) is 7.47. The molecule has 0 spiro atoms. The van der Waals surface area contributed by atoms with Crippen LogP contribution in [0.3, 0.4) is 0 Å². The fourth-order valence-corrected chi connectivity index (χ4v) is 3.57. The monoisotopic (exact) mass is 498 g/mol. The maximum absolute atomic E-state index is 5.82. The number of rotatable bonds is 12. The summed E-state index contributed by atoms with van der Waals surface area (Å²) >= 11 is 0. The van der Waals surface area contributed by atoms with Crippen molar-refractivity contribution in [3.8, 4) is 0 Å². The highest BCUT2D eigenvalue weighted by Crippen LogP contribution is 2.16. The van der Waals surface area contributed by atoms with Crippen LogP contribution in [-0.4, -0.2) is 77.6 Å². The smallest absolute Gasteiger partial charge is 0.191 e. The third kappa shape index (κ3) is 11.5. The van der Waals surface area contributed by atoms with Gasteiger partial charge in [0.2, 0.25) is 0 Å². The standard InChI is InChI=1S/C20H42N4O2.HI/c1-6-18(7-2)19(24(4)5)15-23-20(21-3)22-11-8-12-26-16-17-9-13-25-14-10-17;/h17-19H,6-16H2,1-5H3,(H2,21,22,23);1H. The molecule has 1 heterocycles. The molecule has 1 fully saturated rings. The summed E-state index contributed by atoms with van der Waals surface area (Å²) in [5, 5.41) is 6.88. The van der Waals surface area contributed by atoms with Crippen LogP contribution in [0.4, 0.5) is 0 Å². The molecule has 162 valence electrons. The topological polar surface area (TPSA) is 58.1 Å². The lowest BCUT2D eigenvalue weighted by molar-refractivity contribution is 0.0203. The first-order valence-electron chi connectivity index (χ1n) is 10.4. The Morgan fingerprint density at radius 2 is 1.85 bits per heavy atom. The van der Waals surface area contributed by atoms with Gasteiger partial charge in [0.1, 0.15) is 0 Å². The number of hydrogen-bond acceptors (Lipinski definition) is 4. The molecule has 0 aromatic heterocycles. The Kier molecular flexibility index (Phi) is 16.7. The van der Waals surface area contributed by atoms with Crippen molar-refractivity contribution in [2.45, 2.75) is 52.0 Å². The van der Waals surface area contributed by atoms with Gasteiger partial charge in [-0.2, -0.15) is 0 Å². The number of nitrogens with one attached hydrogen (secondary N) is 2. The third-order valence-electron chi connectivity index (χ3n) is 5.41. The van der Waals surface area contributed by atoms with Crippen LogP contribution in [0.5, 0.6) is 0 Å². The van der Waals surface area contributed by atoms with Gasteiger partial charge in [0.25, 0.3) is 0 Å². The maximum Gasteiger partial charge on any atom is 0.191 e. The molecule has 0 aliphatic carbocycles. The van der Waals surface area contributed by atoms with E-state index in [1.807, 2.05) is 7.05 Å². The first kappa shape index (κ1) is 26.9. The molecule has 0 aromatic carbocycles. The number of ether oxygens (including phenoxy) is 2. The van der Waals surface area contributed by atoms with E-state index in [0.717, 1.165) is 64.7 Å². The van der Waals surface area contributed by atoms with Crippen molar-refractivity contribution in [3.63, 3.8) is 0 Å². The first-order chi connectivity index (χ1) is 12.6. The van der Waals surface area contributed by atoms with Gasteiger partial charge in [0.05, 0.1) is 0 Å². The van der Waals surface area contributed by atoms with Crippen molar-refractivity contribution in [2.24, 2.45) is 16.8 Å². The van der Waals surface area contributed by atoms with E-state index < -0.39 is 0 Å². The zero-order valence-corrected chi connectivity index (χ0v) is 20.5. The molecule has 1 saturated heterocycles. The molecule has 1 rings (SSSR count). The van der Waals surface area contributed by atoms with Crippen molar-refractivity contribution in [2.75, 3.05) is 60.7 Å². The van der Waals surface area contributed by atoms with Crippen LogP contribution >= 0.6 is 24.0 Å². The molecular weight excluding hydrogens is 455 g/mol. The summed E-state index contributed by atoms with van der Waals surface area (Å²) in [6.07, 6.45) is 5.68. The number of guanidine groups is 1. The largest absolute Gasteiger partial charge is 0.381 e. The van der Waals surface area contributed by atoms with Crippen molar-refractivity contribution in [1.82, 2.24) is 15.5 Å². The Hall–Kier alpha value is -0.120. The minimum atomic E-state index is 0. The first-order valence-corrected chi connectivity index (χ1v) is 10.4. The van der Waals surface area contributed by atoms with Gasteiger partial charge in [0, 0.05) is 52.6 Å². The van der Waals surface area contributed by atoms with E-state index in [1.54, 1.807) is 0 Å². The van der Waals surface area contributed by atoms with E-state index >= 15 is 0 Å². The average molecular weight is 498 g/mol. The molecule has 1 unspecified atom stereocenters. The second kappa shape index (κ2) is 16.8. The highest BCUT2D eigenvalue weighted by atomic mass is 127.